The minimum Gasteiger partial charge on any atom is -0.485 e. The molecule has 0 unspecified atom stereocenters. The molecular weight excluding hydrogens is 478 g/mol. The number of fused-ring (bicyclic) bond motifs is 2. The molecule has 0 fully saturated rings. The third kappa shape index (κ3) is 5.66. The smallest absolute Gasteiger partial charge is 0.240 e. The first-order chi connectivity index (χ1) is 18.4. The maximum absolute atomic E-state index is 12.8. The number of amides is 1. The molecule has 0 aliphatic rings. The molecule has 38 heavy (non-hydrogen) atoms. The van der Waals surface area contributed by atoms with Gasteiger partial charge in [-0.3, -0.25) is 9.20 Å². The predicted molar refractivity (Wildman–Crippen MR) is 147 cm³/mol. The molecule has 0 aliphatic heterocycles. The third-order valence-corrected chi connectivity index (χ3v) is 6.29. The number of pyridine rings is 1. The average molecular weight is 510 g/mol. The van der Waals surface area contributed by atoms with Crippen LogP contribution >= 0.6 is 0 Å². The Morgan fingerprint density at radius 2 is 1.71 bits per heavy atom. The molecule has 2 aromatic heterocycles. The summed E-state index contributed by atoms with van der Waals surface area (Å²) in [5.74, 6) is 0.806. The summed E-state index contributed by atoms with van der Waals surface area (Å²) in [5, 5.41) is 14.1. The van der Waals surface area contributed by atoms with Gasteiger partial charge in [0, 0.05) is 6.20 Å². The van der Waals surface area contributed by atoms with Crippen molar-refractivity contribution in [1.82, 2.24) is 19.9 Å². The van der Waals surface area contributed by atoms with Gasteiger partial charge in [0.1, 0.15) is 12.6 Å². The van der Waals surface area contributed by atoms with Gasteiger partial charge in [0.2, 0.25) is 11.6 Å². The maximum atomic E-state index is 12.8. The molecule has 0 saturated carbocycles. The number of carbonyl (C=O) groups excluding carboxylic acids is 1. The number of nitrogens with two attached hydrogens (primary N) is 1. The second-order valence-corrected chi connectivity index (χ2v) is 9.80. The van der Waals surface area contributed by atoms with E-state index < -0.39 is 11.6 Å². The van der Waals surface area contributed by atoms with E-state index in [2.05, 4.69) is 39.8 Å². The lowest BCUT2D eigenvalue weighted by atomic mass is 10.1. The monoisotopic (exact) mass is 509 g/mol. The molecule has 0 bridgehead atoms. The van der Waals surface area contributed by atoms with Gasteiger partial charge < -0.3 is 20.5 Å². The van der Waals surface area contributed by atoms with Crippen LogP contribution in [0.2, 0.25) is 0 Å². The fourth-order valence-corrected chi connectivity index (χ4v) is 4.23. The highest BCUT2D eigenvalue weighted by Gasteiger charge is 2.28. The zero-order valence-electron chi connectivity index (χ0n) is 21.5. The van der Waals surface area contributed by atoms with E-state index in [1.54, 1.807) is 13.8 Å². The van der Waals surface area contributed by atoms with E-state index in [0.29, 0.717) is 30.4 Å². The summed E-state index contributed by atoms with van der Waals surface area (Å²) in [6, 6.07) is 27.4. The first kappa shape index (κ1) is 25.4. The first-order valence-corrected chi connectivity index (χ1v) is 12.5. The van der Waals surface area contributed by atoms with Gasteiger partial charge in [-0.25, -0.2) is 0 Å². The van der Waals surface area contributed by atoms with Crippen LogP contribution in [-0.2, 0) is 22.7 Å². The van der Waals surface area contributed by atoms with E-state index in [9.17, 15) is 4.79 Å². The summed E-state index contributed by atoms with van der Waals surface area (Å²) in [6.07, 6.45) is 1.85. The average Bonchev–Trinajstić information content (AvgIpc) is 3.36. The molecule has 0 saturated heterocycles. The number of hydrogen-bond donors (Lipinski definition) is 2. The molecule has 1 atom stereocenters. The van der Waals surface area contributed by atoms with Crippen molar-refractivity contribution in [2.45, 2.75) is 38.6 Å². The minimum atomic E-state index is -1.06. The lowest BCUT2D eigenvalue weighted by molar-refractivity contribution is -0.126. The maximum Gasteiger partial charge on any atom is 0.240 e. The number of hydrogen-bond acceptors (Lipinski definition) is 6. The number of nitrogens with one attached hydrogen (secondary N) is 1. The molecule has 3 aromatic carbocycles. The van der Waals surface area contributed by atoms with Crippen molar-refractivity contribution in [1.29, 1.82) is 0 Å². The summed E-state index contributed by atoms with van der Waals surface area (Å²) >= 11 is 0. The highest BCUT2D eigenvalue weighted by atomic mass is 16.5. The highest BCUT2D eigenvalue weighted by molar-refractivity contribution is 5.86. The second-order valence-electron chi connectivity index (χ2n) is 9.80. The Bertz CT molecular complexity index is 1540. The van der Waals surface area contributed by atoms with Crippen molar-refractivity contribution in [2.24, 2.45) is 5.73 Å². The van der Waals surface area contributed by atoms with E-state index in [-0.39, 0.29) is 12.5 Å². The Balaban J connectivity index is 1.39. The molecule has 0 spiro atoms. The van der Waals surface area contributed by atoms with Gasteiger partial charge in [-0.15, -0.1) is 10.2 Å². The summed E-state index contributed by atoms with van der Waals surface area (Å²) in [5.41, 5.74) is 7.66. The Hall–Kier alpha value is -4.27. The quantitative estimate of drug-likeness (QED) is 0.286. The van der Waals surface area contributed by atoms with E-state index in [4.69, 9.17) is 15.2 Å². The summed E-state index contributed by atoms with van der Waals surface area (Å²) in [4.78, 5) is 12.8. The van der Waals surface area contributed by atoms with Gasteiger partial charge >= 0.3 is 0 Å². The number of benzene rings is 3. The fourth-order valence-electron chi connectivity index (χ4n) is 4.23. The number of aromatic nitrogens is 3. The Labute approximate surface area is 221 Å². The number of rotatable bonds is 10. The van der Waals surface area contributed by atoms with Gasteiger partial charge in [0.25, 0.3) is 0 Å². The normalized spacial score (nSPS) is 12.5. The molecule has 0 aliphatic carbocycles. The van der Waals surface area contributed by atoms with E-state index >= 15 is 0 Å². The van der Waals surface area contributed by atoms with Crippen LogP contribution in [0.3, 0.4) is 0 Å². The first-order valence-electron chi connectivity index (χ1n) is 12.5. The molecule has 5 rings (SSSR count). The van der Waals surface area contributed by atoms with E-state index in [0.717, 1.165) is 21.9 Å². The molecule has 8 nitrogen and oxygen atoms in total. The standard InChI is InChI=1S/C30H31N5O3/c1-30(2,31)29(36)32-25(20-37-18-21-10-4-3-5-11-21)27-33-34-28-26(16-9-17-35(27)28)38-19-23-14-8-13-22-12-6-7-15-24(22)23/h3-17,25H,18-20,31H2,1-2H3,(H,32,36)/t25-/m1/s1. The molecule has 5 aromatic rings. The van der Waals surface area contributed by atoms with Crippen molar-refractivity contribution in [3.8, 4) is 5.75 Å². The van der Waals surface area contributed by atoms with Crippen LogP contribution in [0.4, 0.5) is 0 Å². The lowest BCUT2D eigenvalue weighted by Gasteiger charge is -2.23. The summed E-state index contributed by atoms with van der Waals surface area (Å²) in [7, 11) is 0. The van der Waals surface area contributed by atoms with Crippen LogP contribution in [0.5, 0.6) is 5.75 Å². The highest BCUT2D eigenvalue weighted by Crippen LogP contribution is 2.25. The van der Waals surface area contributed by atoms with Crippen molar-refractivity contribution in [3.05, 3.63) is 108 Å². The van der Waals surface area contributed by atoms with Gasteiger partial charge in [0.05, 0.1) is 18.8 Å². The molecule has 194 valence electrons. The SMILES string of the molecule is CC(C)(N)C(=O)N[C@H](COCc1ccccc1)c1nnc2c(OCc3cccc4ccccc34)cccn12. The Morgan fingerprint density at radius 3 is 2.53 bits per heavy atom. The van der Waals surface area contributed by atoms with Crippen LogP contribution in [0.1, 0.15) is 36.8 Å². The molecule has 3 N–H and O–H groups in total. The zero-order chi connectivity index (χ0) is 26.5. The second kappa shape index (κ2) is 11.0. The molecule has 0 radical (unpaired) electrons. The molecular formula is C30H31N5O3. The lowest BCUT2D eigenvalue weighted by Crippen LogP contribution is -2.50. The summed E-state index contributed by atoms with van der Waals surface area (Å²) in [6.45, 7) is 4.29. The largest absolute Gasteiger partial charge is 0.485 e. The third-order valence-electron chi connectivity index (χ3n) is 6.29. The van der Waals surface area contributed by atoms with Crippen molar-refractivity contribution >= 4 is 22.3 Å². The van der Waals surface area contributed by atoms with E-state index in [1.165, 1.54) is 0 Å². The number of nitrogens with zero attached hydrogens (tertiary/aromatic N) is 3. The van der Waals surface area contributed by atoms with Crippen molar-refractivity contribution in [2.75, 3.05) is 6.61 Å². The predicted octanol–water partition coefficient (Wildman–Crippen LogP) is 4.57. The van der Waals surface area contributed by atoms with Gasteiger partial charge in [-0.1, -0.05) is 72.8 Å². The zero-order valence-corrected chi connectivity index (χ0v) is 21.5. The van der Waals surface area contributed by atoms with Crippen LogP contribution in [0.25, 0.3) is 16.4 Å². The minimum absolute atomic E-state index is 0.193. The van der Waals surface area contributed by atoms with Gasteiger partial charge in [-0.2, -0.15) is 0 Å². The summed E-state index contributed by atoms with van der Waals surface area (Å²) < 4.78 is 14.0. The molecule has 1 amide bonds. The van der Waals surface area contributed by atoms with Gasteiger partial charge in [-0.05, 0) is 47.9 Å². The van der Waals surface area contributed by atoms with Gasteiger partial charge in [0.15, 0.2) is 11.6 Å². The Kier molecular flexibility index (Phi) is 7.35. The van der Waals surface area contributed by atoms with Crippen LogP contribution in [-0.4, -0.2) is 32.7 Å². The topological polar surface area (TPSA) is 104 Å². The van der Waals surface area contributed by atoms with Crippen LogP contribution in [0, 0.1) is 0 Å². The van der Waals surface area contributed by atoms with Crippen molar-refractivity contribution in [3.63, 3.8) is 0 Å². The number of carbonyl (C=O) groups is 1. The number of ether oxygens (including phenoxy) is 2. The molecule has 8 heteroatoms. The Morgan fingerprint density at radius 1 is 0.947 bits per heavy atom. The van der Waals surface area contributed by atoms with Crippen LogP contribution in [0.15, 0.2) is 91.1 Å². The fraction of sp³-hybridized carbons (Fsp3) is 0.233. The van der Waals surface area contributed by atoms with Crippen LogP contribution < -0.4 is 15.8 Å². The van der Waals surface area contributed by atoms with Crippen molar-refractivity contribution < 1.29 is 14.3 Å². The van der Waals surface area contributed by atoms with E-state index in [1.807, 2.05) is 71.3 Å². The molecule has 2 heterocycles.